The molecule has 0 bridgehead atoms. The van der Waals surface area contributed by atoms with Gasteiger partial charge in [0.1, 0.15) is 5.71 Å². The van der Waals surface area contributed by atoms with Gasteiger partial charge in [-0.05, 0) is 12.5 Å². The van der Waals surface area contributed by atoms with E-state index in [1.807, 2.05) is 0 Å². The number of benzene rings is 1. The summed E-state index contributed by atoms with van der Waals surface area (Å²) in [6, 6.07) is 6.88. The number of rotatable bonds is 3. The highest BCUT2D eigenvalue weighted by Crippen LogP contribution is 2.05. The van der Waals surface area contributed by atoms with Gasteiger partial charge in [-0.25, -0.2) is 0 Å². The lowest BCUT2D eigenvalue weighted by Crippen LogP contribution is -2.10. The second-order valence-electron chi connectivity index (χ2n) is 2.92. The first-order valence-corrected chi connectivity index (χ1v) is 4.21. The van der Waals surface area contributed by atoms with Gasteiger partial charge in [-0.1, -0.05) is 29.4 Å². The first-order chi connectivity index (χ1) is 6.69. The van der Waals surface area contributed by atoms with Crippen LogP contribution in [0.4, 0.5) is 0 Å². The molecule has 3 N–H and O–H groups in total. The number of oxime groups is 1. The predicted molar refractivity (Wildman–Crippen MR) is 53.6 cm³/mol. The molecule has 1 rings (SSSR count). The first-order valence-electron chi connectivity index (χ1n) is 4.21. The van der Waals surface area contributed by atoms with E-state index in [1.165, 1.54) is 6.92 Å². The summed E-state index contributed by atoms with van der Waals surface area (Å²) >= 11 is 0. The van der Waals surface area contributed by atoms with Crippen molar-refractivity contribution in [3.05, 3.63) is 35.4 Å². The zero-order valence-corrected chi connectivity index (χ0v) is 7.90. The van der Waals surface area contributed by atoms with Crippen LogP contribution in [0, 0.1) is 0 Å². The van der Waals surface area contributed by atoms with E-state index in [4.69, 9.17) is 10.9 Å². The van der Waals surface area contributed by atoms with Crippen molar-refractivity contribution in [2.75, 3.05) is 0 Å². The molecule has 14 heavy (non-hydrogen) atoms. The molecule has 0 spiro atoms. The number of ketones is 1. The average Bonchev–Trinajstić information content (AvgIpc) is 2.27. The molecule has 0 saturated carbocycles. The van der Waals surface area contributed by atoms with Gasteiger partial charge in [-0.15, -0.1) is 0 Å². The van der Waals surface area contributed by atoms with Crippen molar-refractivity contribution in [2.24, 2.45) is 10.9 Å². The summed E-state index contributed by atoms with van der Waals surface area (Å²) in [6.45, 7) is 1.90. The van der Waals surface area contributed by atoms with Gasteiger partial charge in [-0.3, -0.25) is 4.79 Å². The normalized spacial score (nSPS) is 11.4. The molecular weight excluding hydrogens is 180 g/mol. The Balaban J connectivity index is 2.92. The molecule has 0 saturated heterocycles. The molecule has 0 amide bonds. The Morgan fingerprint density at radius 3 is 2.43 bits per heavy atom. The van der Waals surface area contributed by atoms with Crippen molar-refractivity contribution in [3.8, 4) is 0 Å². The van der Waals surface area contributed by atoms with Crippen LogP contribution in [0.1, 0.15) is 22.8 Å². The van der Waals surface area contributed by atoms with Gasteiger partial charge in [0.2, 0.25) is 5.78 Å². The van der Waals surface area contributed by atoms with E-state index in [0.29, 0.717) is 12.1 Å². The molecule has 4 heteroatoms. The lowest BCUT2D eigenvalue weighted by molar-refractivity contribution is 0.106. The third-order valence-electron chi connectivity index (χ3n) is 1.93. The maximum atomic E-state index is 11.5. The minimum absolute atomic E-state index is 0.0745. The van der Waals surface area contributed by atoms with Crippen molar-refractivity contribution in [1.29, 1.82) is 0 Å². The molecule has 0 heterocycles. The van der Waals surface area contributed by atoms with Crippen molar-refractivity contribution >= 4 is 11.5 Å². The molecule has 1 aromatic carbocycles. The molecule has 0 aliphatic carbocycles. The zero-order valence-electron chi connectivity index (χ0n) is 7.90. The molecule has 4 nitrogen and oxygen atoms in total. The van der Waals surface area contributed by atoms with Gasteiger partial charge in [0, 0.05) is 12.1 Å². The molecule has 74 valence electrons. The summed E-state index contributed by atoms with van der Waals surface area (Å²) < 4.78 is 0. The highest BCUT2D eigenvalue weighted by atomic mass is 16.4. The number of hydrogen-bond donors (Lipinski definition) is 2. The quantitative estimate of drug-likeness (QED) is 0.327. The molecule has 0 aliphatic heterocycles. The zero-order chi connectivity index (χ0) is 10.6. The van der Waals surface area contributed by atoms with Gasteiger partial charge in [-0.2, -0.15) is 0 Å². The second kappa shape index (κ2) is 4.53. The molecule has 0 unspecified atom stereocenters. The largest absolute Gasteiger partial charge is 0.411 e. The summed E-state index contributed by atoms with van der Waals surface area (Å²) in [5.74, 6) is -0.281. The van der Waals surface area contributed by atoms with E-state index < -0.39 is 0 Å². The maximum absolute atomic E-state index is 11.5. The topological polar surface area (TPSA) is 75.7 Å². The third kappa shape index (κ3) is 2.17. The van der Waals surface area contributed by atoms with Crippen LogP contribution in [0.25, 0.3) is 0 Å². The average molecular weight is 192 g/mol. The van der Waals surface area contributed by atoms with Crippen LogP contribution in [0.15, 0.2) is 29.4 Å². The lowest BCUT2D eigenvalue weighted by Gasteiger charge is -2.00. The minimum Gasteiger partial charge on any atom is -0.411 e. The van der Waals surface area contributed by atoms with Crippen LogP contribution >= 0.6 is 0 Å². The fourth-order valence-electron chi connectivity index (χ4n) is 1.05. The Morgan fingerprint density at radius 2 is 2.00 bits per heavy atom. The highest BCUT2D eigenvalue weighted by Gasteiger charge is 2.09. The standard InChI is InChI=1S/C10H12N2O2/c1-7(12-14)10(13)9-4-2-8(6-11)3-5-9/h2-5,14H,6,11H2,1H3. The molecule has 0 atom stereocenters. The number of nitrogens with two attached hydrogens (primary N) is 1. The van der Waals surface area contributed by atoms with E-state index in [1.54, 1.807) is 24.3 Å². The predicted octanol–water partition coefficient (Wildman–Crippen LogP) is 1.18. The first kappa shape index (κ1) is 10.4. The van der Waals surface area contributed by atoms with Crippen molar-refractivity contribution in [3.63, 3.8) is 0 Å². The van der Waals surface area contributed by atoms with Crippen molar-refractivity contribution in [2.45, 2.75) is 13.5 Å². The number of nitrogens with zero attached hydrogens (tertiary/aromatic N) is 1. The van der Waals surface area contributed by atoms with Crippen molar-refractivity contribution in [1.82, 2.24) is 0 Å². The van der Waals surface area contributed by atoms with Gasteiger partial charge in [0.25, 0.3) is 0 Å². The SMILES string of the molecule is CC(=NO)C(=O)c1ccc(CN)cc1. The maximum Gasteiger partial charge on any atom is 0.210 e. The highest BCUT2D eigenvalue weighted by molar-refractivity contribution is 6.45. The van der Waals surface area contributed by atoms with Crippen LogP contribution in [0.5, 0.6) is 0 Å². The molecule has 0 fully saturated rings. The van der Waals surface area contributed by atoms with Crippen LogP contribution in [0.3, 0.4) is 0 Å². The van der Waals surface area contributed by atoms with E-state index >= 15 is 0 Å². The minimum atomic E-state index is -0.281. The Kier molecular flexibility index (Phi) is 3.36. The van der Waals surface area contributed by atoms with E-state index in [0.717, 1.165) is 5.56 Å². The fraction of sp³-hybridized carbons (Fsp3) is 0.200. The number of carbonyl (C=O) groups is 1. The molecule has 0 aromatic heterocycles. The number of Topliss-reactive ketones (excluding diaryl/α,β-unsaturated/α-hetero) is 1. The Hall–Kier alpha value is -1.68. The van der Waals surface area contributed by atoms with E-state index in [9.17, 15) is 4.79 Å². The van der Waals surface area contributed by atoms with Gasteiger partial charge in [0.15, 0.2) is 0 Å². The number of carbonyl (C=O) groups excluding carboxylic acids is 1. The monoisotopic (exact) mass is 192 g/mol. The summed E-state index contributed by atoms with van der Waals surface area (Å²) in [6.07, 6.45) is 0. The summed E-state index contributed by atoms with van der Waals surface area (Å²) in [5.41, 5.74) is 6.94. The molecule has 0 aliphatic rings. The van der Waals surface area contributed by atoms with E-state index in [2.05, 4.69) is 5.16 Å². The van der Waals surface area contributed by atoms with Gasteiger partial charge < -0.3 is 10.9 Å². The Morgan fingerprint density at radius 1 is 1.43 bits per heavy atom. The second-order valence-corrected chi connectivity index (χ2v) is 2.92. The smallest absolute Gasteiger partial charge is 0.210 e. The van der Waals surface area contributed by atoms with E-state index in [-0.39, 0.29) is 11.5 Å². The van der Waals surface area contributed by atoms with Crippen LogP contribution in [-0.4, -0.2) is 16.7 Å². The van der Waals surface area contributed by atoms with Crippen molar-refractivity contribution < 1.29 is 10.0 Å². The van der Waals surface area contributed by atoms with Crippen LogP contribution in [-0.2, 0) is 6.54 Å². The summed E-state index contributed by atoms with van der Waals surface area (Å²) in [7, 11) is 0. The van der Waals surface area contributed by atoms with Gasteiger partial charge in [0.05, 0.1) is 0 Å². The Labute approximate surface area is 82.0 Å². The summed E-state index contributed by atoms with van der Waals surface area (Å²) in [5, 5.41) is 11.3. The third-order valence-corrected chi connectivity index (χ3v) is 1.93. The lowest BCUT2D eigenvalue weighted by atomic mass is 10.1. The van der Waals surface area contributed by atoms with Gasteiger partial charge >= 0.3 is 0 Å². The fourth-order valence-corrected chi connectivity index (χ4v) is 1.05. The molecule has 0 radical (unpaired) electrons. The van der Waals surface area contributed by atoms with Crippen LogP contribution in [0.2, 0.25) is 0 Å². The summed E-state index contributed by atoms with van der Waals surface area (Å²) in [4.78, 5) is 11.5. The van der Waals surface area contributed by atoms with Crippen LogP contribution < -0.4 is 5.73 Å². The Bertz CT molecular complexity index is 355. The number of hydrogen-bond acceptors (Lipinski definition) is 4. The molecule has 1 aromatic rings. The molecular formula is C10H12N2O2.